The van der Waals surface area contributed by atoms with Crippen LogP contribution in [0.2, 0.25) is 10.0 Å². The average Bonchev–Trinajstić information content (AvgIpc) is 2.42. The molecule has 2 aromatic carbocycles. The summed E-state index contributed by atoms with van der Waals surface area (Å²) in [4.78, 5) is 12.0. The van der Waals surface area contributed by atoms with Gasteiger partial charge in [0.2, 0.25) is 0 Å². The zero-order chi connectivity index (χ0) is 15.4. The Morgan fingerprint density at radius 3 is 2.33 bits per heavy atom. The zero-order valence-corrected chi connectivity index (χ0v) is 12.0. The van der Waals surface area contributed by atoms with Crippen molar-refractivity contribution in [2.75, 3.05) is 5.32 Å². The molecule has 1 amide bonds. The Morgan fingerprint density at radius 1 is 1.10 bits per heavy atom. The number of rotatable bonds is 4. The summed E-state index contributed by atoms with van der Waals surface area (Å²) in [5.74, 6) is -0.450. The van der Waals surface area contributed by atoms with Gasteiger partial charge in [-0.15, -0.1) is 0 Å². The van der Waals surface area contributed by atoms with Crippen LogP contribution in [-0.4, -0.2) is 12.5 Å². The molecule has 0 atom stereocenters. The van der Waals surface area contributed by atoms with Crippen molar-refractivity contribution in [1.29, 1.82) is 0 Å². The molecule has 0 aliphatic rings. The summed E-state index contributed by atoms with van der Waals surface area (Å²) in [6.45, 7) is -2.91. The molecule has 0 aliphatic heterocycles. The van der Waals surface area contributed by atoms with E-state index < -0.39 is 12.5 Å². The summed E-state index contributed by atoms with van der Waals surface area (Å²) < 4.78 is 28.2. The van der Waals surface area contributed by atoms with E-state index in [-0.39, 0.29) is 11.3 Å². The van der Waals surface area contributed by atoms with Crippen molar-refractivity contribution in [2.45, 2.75) is 6.61 Å². The van der Waals surface area contributed by atoms with Crippen molar-refractivity contribution in [3.8, 4) is 5.75 Å². The van der Waals surface area contributed by atoms with Crippen molar-refractivity contribution in [1.82, 2.24) is 0 Å². The molecule has 21 heavy (non-hydrogen) atoms. The van der Waals surface area contributed by atoms with Gasteiger partial charge in [0, 0.05) is 10.6 Å². The van der Waals surface area contributed by atoms with E-state index in [0.717, 1.165) is 0 Å². The predicted octanol–water partition coefficient (Wildman–Crippen LogP) is 4.85. The molecule has 1 N–H and O–H groups in total. The smallest absolute Gasteiger partial charge is 0.387 e. The molecule has 0 unspecified atom stereocenters. The highest BCUT2D eigenvalue weighted by Gasteiger charge is 2.10. The summed E-state index contributed by atoms with van der Waals surface area (Å²) in [7, 11) is 0. The average molecular weight is 332 g/mol. The van der Waals surface area contributed by atoms with Crippen LogP contribution in [0.1, 0.15) is 10.4 Å². The molecule has 0 radical (unpaired) electrons. The lowest BCUT2D eigenvalue weighted by molar-refractivity contribution is -0.0498. The molecule has 2 rings (SSSR count). The van der Waals surface area contributed by atoms with Gasteiger partial charge in [-0.1, -0.05) is 23.2 Å². The molecular formula is C14H9Cl2F2NO2. The predicted molar refractivity (Wildman–Crippen MR) is 77.5 cm³/mol. The first kappa shape index (κ1) is 15.5. The number of nitrogens with one attached hydrogen (secondary N) is 1. The number of alkyl halides is 2. The Kier molecular flexibility index (Phi) is 4.98. The molecule has 110 valence electrons. The van der Waals surface area contributed by atoms with Gasteiger partial charge < -0.3 is 10.1 Å². The number of hydrogen-bond donors (Lipinski definition) is 1. The van der Waals surface area contributed by atoms with Crippen molar-refractivity contribution >= 4 is 34.8 Å². The van der Waals surface area contributed by atoms with Crippen LogP contribution in [0.5, 0.6) is 5.75 Å². The lowest BCUT2D eigenvalue weighted by atomic mass is 10.2. The highest BCUT2D eigenvalue weighted by atomic mass is 35.5. The van der Waals surface area contributed by atoms with E-state index in [2.05, 4.69) is 10.1 Å². The molecule has 0 spiro atoms. The van der Waals surface area contributed by atoms with E-state index in [1.165, 1.54) is 30.3 Å². The van der Waals surface area contributed by atoms with E-state index in [1.54, 1.807) is 12.1 Å². The van der Waals surface area contributed by atoms with Crippen molar-refractivity contribution in [2.24, 2.45) is 0 Å². The fraction of sp³-hybridized carbons (Fsp3) is 0.0714. The van der Waals surface area contributed by atoms with Crippen LogP contribution in [0.3, 0.4) is 0 Å². The Morgan fingerprint density at radius 2 is 1.76 bits per heavy atom. The van der Waals surface area contributed by atoms with Gasteiger partial charge in [-0.3, -0.25) is 4.79 Å². The van der Waals surface area contributed by atoms with Gasteiger partial charge in [0.25, 0.3) is 5.91 Å². The minimum absolute atomic E-state index is 0.0222. The van der Waals surface area contributed by atoms with Gasteiger partial charge >= 0.3 is 6.61 Å². The third-order valence-corrected chi connectivity index (χ3v) is 3.07. The SMILES string of the molecule is O=C(Nc1ccc(Cl)cc1Cl)c1ccc(OC(F)F)cc1. The minimum Gasteiger partial charge on any atom is -0.435 e. The number of benzene rings is 2. The maximum atomic E-state index is 12.0. The molecule has 0 saturated heterocycles. The fourth-order valence-electron chi connectivity index (χ4n) is 1.57. The Bertz CT molecular complexity index is 648. The summed E-state index contributed by atoms with van der Waals surface area (Å²) in [5.41, 5.74) is 0.682. The number of amides is 1. The van der Waals surface area contributed by atoms with E-state index in [0.29, 0.717) is 15.7 Å². The lowest BCUT2D eigenvalue weighted by Gasteiger charge is -2.08. The Labute approximate surface area is 129 Å². The second-order valence-electron chi connectivity index (χ2n) is 3.98. The molecule has 0 saturated carbocycles. The Hall–Kier alpha value is -1.85. The second-order valence-corrected chi connectivity index (χ2v) is 4.82. The quantitative estimate of drug-likeness (QED) is 0.869. The standard InChI is InChI=1S/C14H9Cl2F2NO2/c15-9-3-6-12(11(16)7-9)19-13(20)8-1-4-10(5-2-8)21-14(17)18/h1-7,14H,(H,19,20). The van der Waals surface area contributed by atoms with Crippen molar-refractivity contribution in [3.05, 3.63) is 58.1 Å². The maximum absolute atomic E-state index is 12.0. The molecule has 2 aromatic rings. The van der Waals surface area contributed by atoms with Crippen LogP contribution in [0.25, 0.3) is 0 Å². The van der Waals surface area contributed by atoms with E-state index >= 15 is 0 Å². The first-order valence-electron chi connectivity index (χ1n) is 5.77. The third kappa shape index (κ3) is 4.31. The summed E-state index contributed by atoms with van der Waals surface area (Å²) >= 11 is 11.7. The molecule has 0 fully saturated rings. The van der Waals surface area contributed by atoms with Gasteiger partial charge in [-0.05, 0) is 42.5 Å². The van der Waals surface area contributed by atoms with Crippen LogP contribution in [0.4, 0.5) is 14.5 Å². The van der Waals surface area contributed by atoms with E-state index in [4.69, 9.17) is 23.2 Å². The van der Waals surface area contributed by atoms with Crippen LogP contribution in [0.15, 0.2) is 42.5 Å². The third-order valence-electron chi connectivity index (χ3n) is 2.52. The van der Waals surface area contributed by atoms with Gasteiger partial charge in [0.1, 0.15) is 5.75 Å². The normalized spacial score (nSPS) is 10.5. The summed E-state index contributed by atoms with van der Waals surface area (Å²) in [5, 5.41) is 3.35. The molecule has 0 bridgehead atoms. The molecule has 7 heteroatoms. The molecule has 0 aromatic heterocycles. The number of hydrogen-bond acceptors (Lipinski definition) is 2. The van der Waals surface area contributed by atoms with Gasteiger partial charge in [-0.2, -0.15) is 8.78 Å². The first-order chi connectivity index (χ1) is 9.95. The number of halogens is 4. The Balaban J connectivity index is 2.09. The largest absolute Gasteiger partial charge is 0.435 e. The fourth-order valence-corrected chi connectivity index (χ4v) is 2.03. The van der Waals surface area contributed by atoms with Gasteiger partial charge in [-0.25, -0.2) is 0 Å². The van der Waals surface area contributed by atoms with Gasteiger partial charge in [0.15, 0.2) is 0 Å². The first-order valence-corrected chi connectivity index (χ1v) is 6.52. The zero-order valence-electron chi connectivity index (χ0n) is 10.4. The van der Waals surface area contributed by atoms with Crippen LogP contribution in [0, 0.1) is 0 Å². The molecule has 0 aliphatic carbocycles. The second kappa shape index (κ2) is 6.74. The molecule has 3 nitrogen and oxygen atoms in total. The van der Waals surface area contributed by atoms with E-state index in [9.17, 15) is 13.6 Å². The van der Waals surface area contributed by atoms with Crippen molar-refractivity contribution in [3.63, 3.8) is 0 Å². The summed E-state index contributed by atoms with van der Waals surface area (Å²) in [6.07, 6.45) is 0. The molecular weight excluding hydrogens is 323 g/mol. The number of anilines is 1. The van der Waals surface area contributed by atoms with Crippen LogP contribution in [-0.2, 0) is 0 Å². The molecule has 0 heterocycles. The number of carbonyl (C=O) groups excluding carboxylic acids is 1. The van der Waals surface area contributed by atoms with Crippen LogP contribution >= 0.6 is 23.2 Å². The summed E-state index contributed by atoms with van der Waals surface area (Å²) in [6, 6.07) is 9.96. The topological polar surface area (TPSA) is 38.3 Å². The van der Waals surface area contributed by atoms with Crippen LogP contribution < -0.4 is 10.1 Å². The maximum Gasteiger partial charge on any atom is 0.387 e. The van der Waals surface area contributed by atoms with E-state index in [1.807, 2.05) is 0 Å². The minimum atomic E-state index is -2.91. The number of carbonyl (C=O) groups is 1. The monoisotopic (exact) mass is 331 g/mol. The highest BCUT2D eigenvalue weighted by Crippen LogP contribution is 2.26. The lowest BCUT2D eigenvalue weighted by Crippen LogP contribution is -2.12. The van der Waals surface area contributed by atoms with Crippen molar-refractivity contribution < 1.29 is 18.3 Å². The highest BCUT2D eigenvalue weighted by molar-refractivity contribution is 6.36. The number of ether oxygens (including phenoxy) is 1. The van der Waals surface area contributed by atoms with Gasteiger partial charge in [0.05, 0.1) is 10.7 Å².